The monoisotopic (exact) mass is 441 g/mol. The second-order valence-electron chi connectivity index (χ2n) is 7.26. The van der Waals surface area contributed by atoms with Crippen molar-refractivity contribution in [1.29, 1.82) is 0 Å². The molecule has 11 heteroatoms. The lowest BCUT2D eigenvalue weighted by molar-refractivity contribution is 0.00635. The van der Waals surface area contributed by atoms with Crippen LogP contribution in [0, 0.1) is 5.82 Å². The standard InChI is InChI=1S/C19H24FN3O6S/c1-26-15-5-4-13(20)11-17(15)30(24,25)23-8-6-14(7-9-23)28-12-18-21-19(29-22-18)16-3-2-10-27-16/h4-5,11,14,16H,2-3,6-10,12H2,1H3. The van der Waals surface area contributed by atoms with Gasteiger partial charge in [0.25, 0.3) is 5.89 Å². The fourth-order valence-corrected chi connectivity index (χ4v) is 5.29. The lowest BCUT2D eigenvalue weighted by Crippen LogP contribution is -2.41. The van der Waals surface area contributed by atoms with Crippen molar-refractivity contribution in [1.82, 2.24) is 14.4 Å². The third-order valence-electron chi connectivity index (χ3n) is 5.28. The van der Waals surface area contributed by atoms with Gasteiger partial charge in [0.2, 0.25) is 10.0 Å². The number of nitrogens with zero attached hydrogens (tertiary/aromatic N) is 3. The number of ether oxygens (including phenoxy) is 3. The van der Waals surface area contributed by atoms with Crippen molar-refractivity contribution in [2.75, 3.05) is 26.8 Å². The maximum atomic E-state index is 13.6. The van der Waals surface area contributed by atoms with Crippen LogP contribution in [0.1, 0.15) is 43.5 Å². The summed E-state index contributed by atoms with van der Waals surface area (Å²) < 4.78 is 62.5. The average Bonchev–Trinajstić information content (AvgIpc) is 3.44. The van der Waals surface area contributed by atoms with Gasteiger partial charge in [-0.05, 0) is 43.9 Å². The summed E-state index contributed by atoms with van der Waals surface area (Å²) >= 11 is 0. The zero-order chi connectivity index (χ0) is 21.1. The smallest absolute Gasteiger partial charge is 0.255 e. The van der Waals surface area contributed by atoms with Crippen molar-refractivity contribution >= 4 is 10.0 Å². The van der Waals surface area contributed by atoms with Gasteiger partial charge in [0, 0.05) is 19.7 Å². The van der Waals surface area contributed by atoms with E-state index in [0.29, 0.717) is 31.2 Å². The molecule has 0 spiro atoms. The van der Waals surface area contributed by atoms with Crippen molar-refractivity contribution in [2.24, 2.45) is 0 Å². The van der Waals surface area contributed by atoms with Gasteiger partial charge in [0.1, 0.15) is 29.2 Å². The van der Waals surface area contributed by atoms with Gasteiger partial charge in [-0.3, -0.25) is 0 Å². The van der Waals surface area contributed by atoms with Crippen molar-refractivity contribution < 1.29 is 31.5 Å². The largest absolute Gasteiger partial charge is 0.495 e. The molecule has 3 heterocycles. The highest BCUT2D eigenvalue weighted by Crippen LogP contribution is 2.30. The molecule has 2 fully saturated rings. The first-order valence-electron chi connectivity index (χ1n) is 9.87. The van der Waals surface area contributed by atoms with E-state index >= 15 is 0 Å². The van der Waals surface area contributed by atoms with Gasteiger partial charge in [0.05, 0.1) is 13.2 Å². The fraction of sp³-hybridized carbons (Fsp3) is 0.579. The van der Waals surface area contributed by atoms with E-state index in [1.165, 1.54) is 23.5 Å². The Morgan fingerprint density at radius 1 is 1.27 bits per heavy atom. The van der Waals surface area contributed by atoms with E-state index < -0.39 is 15.8 Å². The molecule has 0 radical (unpaired) electrons. The fourth-order valence-electron chi connectivity index (χ4n) is 3.65. The van der Waals surface area contributed by atoms with Gasteiger partial charge in [0.15, 0.2) is 5.82 Å². The molecular weight excluding hydrogens is 417 g/mol. The van der Waals surface area contributed by atoms with Gasteiger partial charge in [-0.2, -0.15) is 9.29 Å². The Bertz CT molecular complexity index is 968. The van der Waals surface area contributed by atoms with Gasteiger partial charge < -0.3 is 18.7 Å². The molecule has 2 saturated heterocycles. The van der Waals surface area contributed by atoms with Crippen LogP contribution in [0.25, 0.3) is 0 Å². The molecule has 164 valence electrons. The van der Waals surface area contributed by atoms with Gasteiger partial charge in [-0.25, -0.2) is 12.8 Å². The topological polar surface area (TPSA) is 104 Å². The van der Waals surface area contributed by atoms with E-state index in [4.69, 9.17) is 18.7 Å². The number of sulfonamides is 1. The molecule has 0 amide bonds. The van der Waals surface area contributed by atoms with Crippen molar-refractivity contribution in [2.45, 2.75) is 49.4 Å². The molecule has 1 atom stereocenters. The molecule has 2 aliphatic heterocycles. The van der Waals surface area contributed by atoms with Crippen LogP contribution in [0.2, 0.25) is 0 Å². The van der Waals surface area contributed by atoms with E-state index in [0.717, 1.165) is 18.9 Å². The summed E-state index contributed by atoms with van der Waals surface area (Å²) in [5, 5.41) is 3.92. The Hall–Kier alpha value is -2.08. The molecule has 1 unspecified atom stereocenters. The van der Waals surface area contributed by atoms with E-state index in [9.17, 15) is 12.8 Å². The lowest BCUT2D eigenvalue weighted by Gasteiger charge is -2.31. The van der Waals surface area contributed by atoms with Crippen molar-refractivity contribution in [3.8, 4) is 5.75 Å². The number of aromatic nitrogens is 2. The minimum absolute atomic E-state index is 0.119. The minimum Gasteiger partial charge on any atom is -0.495 e. The van der Waals surface area contributed by atoms with Gasteiger partial charge in [-0.15, -0.1) is 0 Å². The van der Waals surface area contributed by atoms with E-state index in [1.807, 2.05) is 0 Å². The normalized spacial score (nSPS) is 21.2. The molecular formula is C19H24FN3O6S. The second kappa shape index (κ2) is 8.96. The molecule has 2 aromatic rings. The summed E-state index contributed by atoms with van der Waals surface area (Å²) in [5.41, 5.74) is 0. The quantitative estimate of drug-likeness (QED) is 0.645. The maximum absolute atomic E-state index is 13.6. The van der Waals surface area contributed by atoms with E-state index in [-0.39, 0.29) is 42.5 Å². The Labute approximate surface area is 174 Å². The molecule has 2 aliphatic rings. The highest BCUT2D eigenvalue weighted by molar-refractivity contribution is 7.89. The van der Waals surface area contributed by atoms with Crippen molar-refractivity contribution in [3.05, 3.63) is 35.7 Å². The number of methoxy groups -OCH3 is 1. The highest BCUT2D eigenvalue weighted by atomic mass is 32.2. The van der Waals surface area contributed by atoms with E-state index in [2.05, 4.69) is 10.1 Å². The van der Waals surface area contributed by atoms with Gasteiger partial charge in [-0.1, -0.05) is 5.16 Å². The predicted octanol–water partition coefficient (Wildman–Crippen LogP) is 2.44. The highest BCUT2D eigenvalue weighted by Gasteiger charge is 2.32. The van der Waals surface area contributed by atoms with Crippen LogP contribution in [0.4, 0.5) is 4.39 Å². The van der Waals surface area contributed by atoms with Crippen LogP contribution in [-0.4, -0.2) is 55.8 Å². The molecule has 9 nitrogen and oxygen atoms in total. The number of rotatable bonds is 7. The minimum atomic E-state index is -3.86. The lowest BCUT2D eigenvalue weighted by atomic mass is 10.1. The summed E-state index contributed by atoms with van der Waals surface area (Å²) in [6.45, 7) is 1.41. The van der Waals surface area contributed by atoms with Crippen molar-refractivity contribution in [3.63, 3.8) is 0 Å². The SMILES string of the molecule is COc1ccc(F)cc1S(=O)(=O)N1CCC(OCc2noc(C3CCCO3)n2)CC1. The Morgan fingerprint density at radius 3 is 2.77 bits per heavy atom. The third kappa shape index (κ3) is 4.48. The first kappa shape index (κ1) is 21.2. The molecule has 30 heavy (non-hydrogen) atoms. The zero-order valence-corrected chi connectivity index (χ0v) is 17.4. The van der Waals surface area contributed by atoms with Gasteiger partial charge >= 0.3 is 0 Å². The summed E-state index contributed by atoms with van der Waals surface area (Å²) in [5.74, 6) is 0.403. The zero-order valence-electron chi connectivity index (χ0n) is 16.6. The molecule has 0 bridgehead atoms. The Morgan fingerprint density at radius 2 is 2.07 bits per heavy atom. The second-order valence-corrected chi connectivity index (χ2v) is 9.17. The molecule has 0 saturated carbocycles. The summed E-state index contributed by atoms with van der Waals surface area (Å²) in [6.07, 6.45) is 2.59. The summed E-state index contributed by atoms with van der Waals surface area (Å²) in [6, 6.07) is 3.46. The molecule has 1 aromatic heterocycles. The number of benzene rings is 1. The average molecular weight is 441 g/mol. The number of piperidine rings is 1. The number of hydrogen-bond donors (Lipinski definition) is 0. The van der Waals surface area contributed by atoms with Crippen LogP contribution >= 0.6 is 0 Å². The summed E-state index contributed by atoms with van der Waals surface area (Å²) in [7, 11) is -2.51. The summed E-state index contributed by atoms with van der Waals surface area (Å²) in [4.78, 5) is 4.15. The number of hydrogen-bond acceptors (Lipinski definition) is 8. The predicted molar refractivity (Wildman–Crippen MR) is 102 cm³/mol. The van der Waals surface area contributed by atoms with Crippen LogP contribution in [0.15, 0.2) is 27.6 Å². The maximum Gasteiger partial charge on any atom is 0.255 e. The molecule has 4 rings (SSSR count). The van der Waals surface area contributed by atoms with Crippen LogP contribution in [-0.2, 0) is 26.1 Å². The number of halogens is 1. The van der Waals surface area contributed by atoms with Crippen LogP contribution < -0.4 is 4.74 Å². The Balaban J connectivity index is 1.32. The van der Waals surface area contributed by atoms with Crippen LogP contribution in [0.3, 0.4) is 0 Å². The Kier molecular flexibility index (Phi) is 6.32. The molecule has 1 aromatic carbocycles. The third-order valence-corrected chi connectivity index (χ3v) is 7.20. The molecule has 0 N–H and O–H groups in total. The van der Waals surface area contributed by atoms with Crippen LogP contribution in [0.5, 0.6) is 5.75 Å². The first-order chi connectivity index (χ1) is 14.5. The molecule has 0 aliphatic carbocycles. The first-order valence-corrected chi connectivity index (χ1v) is 11.3. The van der Waals surface area contributed by atoms with E-state index in [1.54, 1.807) is 0 Å².